The van der Waals surface area contributed by atoms with Crippen molar-refractivity contribution in [2.45, 2.75) is 24.9 Å². The first-order valence-corrected chi connectivity index (χ1v) is 13.9. The van der Waals surface area contributed by atoms with Gasteiger partial charge in [0.1, 0.15) is 0 Å². The maximum atomic E-state index is 13.1. The van der Waals surface area contributed by atoms with Crippen LogP contribution in [-0.4, -0.2) is 43.8 Å². The molecule has 2 N–H and O–H groups in total. The fraction of sp³-hybridized carbons (Fsp3) is 0.269. The summed E-state index contributed by atoms with van der Waals surface area (Å²) in [6.07, 6.45) is 0. The standard InChI is InChI=1S/C26H29N3O3S2/c1-20-10-11-24(34(31,32)27-18-21-6-3-2-4-7-21)17-25(20)26(30)28-23-9-5-8-22(16-23)19-29-12-14-33-15-13-29/h2-11,16-17,27H,12-15,18-19H2,1H3,(H,28,30). The SMILES string of the molecule is Cc1ccc(S(=O)(=O)NCc2ccccc2)cc1C(=O)Nc1cccc(CN2CCSCC2)c1. The summed E-state index contributed by atoms with van der Waals surface area (Å²) in [6, 6.07) is 21.8. The third kappa shape index (κ3) is 6.48. The first kappa shape index (κ1) is 24.5. The molecule has 1 aliphatic heterocycles. The van der Waals surface area contributed by atoms with Crippen molar-refractivity contribution >= 4 is 33.4 Å². The second kappa shape index (κ2) is 11.2. The molecule has 0 bridgehead atoms. The summed E-state index contributed by atoms with van der Waals surface area (Å²) in [5, 5.41) is 2.94. The maximum absolute atomic E-state index is 13.1. The van der Waals surface area contributed by atoms with Crippen molar-refractivity contribution < 1.29 is 13.2 Å². The molecule has 1 heterocycles. The Balaban J connectivity index is 1.46. The second-order valence-electron chi connectivity index (χ2n) is 8.33. The van der Waals surface area contributed by atoms with Crippen molar-refractivity contribution in [3.8, 4) is 0 Å². The van der Waals surface area contributed by atoms with E-state index in [1.165, 1.54) is 12.1 Å². The van der Waals surface area contributed by atoms with E-state index in [1.54, 1.807) is 13.0 Å². The molecule has 3 aromatic carbocycles. The summed E-state index contributed by atoms with van der Waals surface area (Å²) in [7, 11) is -3.76. The van der Waals surface area contributed by atoms with Crippen molar-refractivity contribution in [2.24, 2.45) is 0 Å². The predicted molar refractivity (Wildman–Crippen MR) is 139 cm³/mol. The normalized spacial score (nSPS) is 14.6. The highest BCUT2D eigenvalue weighted by molar-refractivity contribution is 7.99. The lowest BCUT2D eigenvalue weighted by Gasteiger charge is -2.26. The van der Waals surface area contributed by atoms with E-state index in [2.05, 4.69) is 21.0 Å². The molecule has 178 valence electrons. The number of aryl methyl sites for hydroxylation is 1. The first-order chi connectivity index (χ1) is 16.4. The van der Waals surface area contributed by atoms with Crippen LogP contribution < -0.4 is 10.0 Å². The number of nitrogens with one attached hydrogen (secondary N) is 2. The quantitative estimate of drug-likeness (QED) is 0.488. The maximum Gasteiger partial charge on any atom is 0.255 e. The first-order valence-electron chi connectivity index (χ1n) is 11.3. The van der Waals surface area contributed by atoms with Crippen molar-refractivity contribution in [3.63, 3.8) is 0 Å². The van der Waals surface area contributed by atoms with E-state index in [1.807, 2.05) is 60.3 Å². The number of benzene rings is 3. The van der Waals surface area contributed by atoms with Crippen LogP contribution in [0.25, 0.3) is 0 Å². The number of carbonyl (C=O) groups is 1. The van der Waals surface area contributed by atoms with Crippen molar-refractivity contribution in [1.29, 1.82) is 0 Å². The summed E-state index contributed by atoms with van der Waals surface area (Å²) < 4.78 is 28.3. The molecule has 8 heteroatoms. The number of amides is 1. The van der Waals surface area contributed by atoms with Gasteiger partial charge in [0.2, 0.25) is 10.0 Å². The third-order valence-corrected chi connectivity index (χ3v) is 8.11. The van der Waals surface area contributed by atoms with Gasteiger partial charge in [0, 0.05) is 48.9 Å². The van der Waals surface area contributed by atoms with Crippen LogP contribution in [0.2, 0.25) is 0 Å². The largest absolute Gasteiger partial charge is 0.322 e. The average Bonchev–Trinajstić information content (AvgIpc) is 2.84. The molecule has 0 spiro atoms. The molecule has 0 saturated carbocycles. The molecule has 1 amide bonds. The van der Waals surface area contributed by atoms with Gasteiger partial charge in [-0.15, -0.1) is 0 Å². The van der Waals surface area contributed by atoms with Gasteiger partial charge in [-0.2, -0.15) is 11.8 Å². The highest BCUT2D eigenvalue weighted by Gasteiger charge is 2.18. The number of hydrogen-bond donors (Lipinski definition) is 2. The van der Waals surface area contributed by atoms with E-state index in [-0.39, 0.29) is 17.3 Å². The van der Waals surface area contributed by atoms with Gasteiger partial charge >= 0.3 is 0 Å². The molecule has 3 aromatic rings. The minimum absolute atomic E-state index is 0.0656. The summed E-state index contributed by atoms with van der Waals surface area (Å²) in [4.78, 5) is 15.5. The van der Waals surface area contributed by atoms with Crippen LogP contribution in [0.5, 0.6) is 0 Å². The summed E-state index contributed by atoms with van der Waals surface area (Å²) in [5.41, 5.74) is 3.74. The van der Waals surface area contributed by atoms with Gasteiger partial charge in [-0.1, -0.05) is 48.5 Å². The Morgan fingerprint density at radius 2 is 1.68 bits per heavy atom. The van der Waals surface area contributed by atoms with E-state index < -0.39 is 10.0 Å². The molecule has 0 atom stereocenters. The lowest BCUT2D eigenvalue weighted by molar-refractivity contribution is 0.102. The van der Waals surface area contributed by atoms with Gasteiger partial charge in [-0.3, -0.25) is 9.69 Å². The number of carbonyl (C=O) groups excluding carboxylic acids is 1. The topological polar surface area (TPSA) is 78.5 Å². The highest BCUT2D eigenvalue weighted by atomic mass is 32.2. The Kier molecular flexibility index (Phi) is 8.05. The fourth-order valence-electron chi connectivity index (χ4n) is 3.83. The van der Waals surface area contributed by atoms with Crippen LogP contribution in [0.15, 0.2) is 77.7 Å². The van der Waals surface area contributed by atoms with E-state index in [0.717, 1.165) is 42.3 Å². The fourth-order valence-corrected chi connectivity index (χ4v) is 5.86. The monoisotopic (exact) mass is 495 g/mol. The molecular weight excluding hydrogens is 466 g/mol. The van der Waals surface area contributed by atoms with Crippen LogP contribution >= 0.6 is 11.8 Å². The van der Waals surface area contributed by atoms with E-state index >= 15 is 0 Å². The van der Waals surface area contributed by atoms with Crippen LogP contribution in [0, 0.1) is 6.92 Å². The summed E-state index contributed by atoms with van der Waals surface area (Å²) >= 11 is 1.98. The van der Waals surface area contributed by atoms with Gasteiger partial charge in [-0.25, -0.2) is 13.1 Å². The van der Waals surface area contributed by atoms with Crippen molar-refractivity contribution in [3.05, 3.63) is 95.1 Å². The van der Waals surface area contributed by atoms with E-state index in [4.69, 9.17) is 0 Å². The van der Waals surface area contributed by atoms with Crippen LogP contribution in [-0.2, 0) is 23.1 Å². The lowest BCUT2D eigenvalue weighted by Crippen LogP contribution is -2.31. The molecule has 1 saturated heterocycles. The number of sulfonamides is 1. The van der Waals surface area contributed by atoms with Crippen LogP contribution in [0.3, 0.4) is 0 Å². The Morgan fingerprint density at radius 3 is 2.44 bits per heavy atom. The minimum Gasteiger partial charge on any atom is -0.322 e. The van der Waals surface area contributed by atoms with Gasteiger partial charge < -0.3 is 5.32 Å². The number of hydrogen-bond acceptors (Lipinski definition) is 5. The summed E-state index contributed by atoms with van der Waals surface area (Å²) in [6.45, 7) is 4.97. The van der Waals surface area contributed by atoms with Gasteiger partial charge in [0.25, 0.3) is 5.91 Å². The zero-order valence-electron chi connectivity index (χ0n) is 19.2. The zero-order valence-corrected chi connectivity index (χ0v) is 20.8. The smallest absolute Gasteiger partial charge is 0.255 e. The molecule has 6 nitrogen and oxygen atoms in total. The van der Waals surface area contributed by atoms with Gasteiger partial charge in [0.05, 0.1) is 4.90 Å². The second-order valence-corrected chi connectivity index (χ2v) is 11.3. The average molecular weight is 496 g/mol. The molecule has 4 rings (SSSR count). The Hall–Kier alpha value is -2.65. The number of anilines is 1. The molecule has 0 aromatic heterocycles. The Labute approximate surface area is 205 Å². The lowest BCUT2D eigenvalue weighted by atomic mass is 10.1. The van der Waals surface area contributed by atoms with Crippen LogP contribution in [0.4, 0.5) is 5.69 Å². The minimum atomic E-state index is -3.76. The summed E-state index contributed by atoms with van der Waals surface area (Å²) in [5.74, 6) is 1.97. The van der Waals surface area contributed by atoms with Gasteiger partial charge in [-0.05, 0) is 47.9 Å². The predicted octanol–water partition coefficient (Wildman–Crippen LogP) is 4.27. The van der Waals surface area contributed by atoms with Crippen molar-refractivity contribution in [2.75, 3.05) is 29.9 Å². The zero-order chi connectivity index (χ0) is 24.0. The molecule has 0 aliphatic carbocycles. The Bertz CT molecular complexity index is 1240. The van der Waals surface area contributed by atoms with Crippen molar-refractivity contribution in [1.82, 2.24) is 9.62 Å². The van der Waals surface area contributed by atoms with E-state index in [0.29, 0.717) is 16.8 Å². The highest BCUT2D eigenvalue weighted by Crippen LogP contribution is 2.20. The van der Waals surface area contributed by atoms with E-state index in [9.17, 15) is 13.2 Å². The molecular formula is C26H29N3O3S2. The van der Waals surface area contributed by atoms with Gasteiger partial charge in [0.15, 0.2) is 0 Å². The molecule has 1 fully saturated rings. The molecule has 0 unspecified atom stereocenters. The third-order valence-electron chi connectivity index (χ3n) is 5.77. The number of nitrogens with zero attached hydrogens (tertiary/aromatic N) is 1. The number of rotatable bonds is 8. The molecule has 34 heavy (non-hydrogen) atoms. The molecule has 0 radical (unpaired) electrons. The Morgan fingerprint density at radius 1 is 0.941 bits per heavy atom. The van der Waals surface area contributed by atoms with Crippen LogP contribution in [0.1, 0.15) is 27.0 Å². The number of thioether (sulfide) groups is 1. The molecule has 1 aliphatic rings.